The van der Waals surface area contributed by atoms with E-state index in [0.29, 0.717) is 5.56 Å². The van der Waals surface area contributed by atoms with Crippen molar-refractivity contribution in [2.24, 2.45) is 5.92 Å². The number of allylic oxidation sites excluding steroid dienone is 1. The fourth-order valence-corrected chi connectivity index (χ4v) is 3.51. The normalized spacial score (nSPS) is 18.7. The second-order valence-corrected chi connectivity index (χ2v) is 6.42. The molecule has 1 aliphatic rings. The van der Waals surface area contributed by atoms with E-state index >= 15 is 0 Å². The lowest BCUT2D eigenvalue weighted by Crippen LogP contribution is -2.42. The zero-order chi connectivity index (χ0) is 18.6. The molecule has 0 spiro atoms. The van der Waals surface area contributed by atoms with Crippen molar-refractivity contribution in [3.63, 3.8) is 0 Å². The van der Waals surface area contributed by atoms with Gasteiger partial charge in [-0.1, -0.05) is 66.7 Å². The third kappa shape index (κ3) is 4.15. The van der Waals surface area contributed by atoms with Gasteiger partial charge in [0.2, 0.25) is 0 Å². The summed E-state index contributed by atoms with van der Waals surface area (Å²) in [7, 11) is 0. The summed E-state index contributed by atoms with van der Waals surface area (Å²) in [5, 5.41) is 2.24. The van der Waals surface area contributed by atoms with Crippen LogP contribution < -0.4 is 5.32 Å². The van der Waals surface area contributed by atoms with Crippen LogP contribution >= 0.6 is 0 Å². The Bertz CT molecular complexity index is 769. The second kappa shape index (κ2) is 7.77. The average molecular weight is 359 g/mol. The van der Waals surface area contributed by atoms with E-state index in [1.165, 1.54) is 0 Å². The van der Waals surface area contributed by atoms with Crippen LogP contribution in [0.2, 0.25) is 0 Å². The smallest absolute Gasteiger partial charge is 0.341 e. The molecule has 1 N–H and O–H groups in total. The largest absolute Gasteiger partial charge is 0.471 e. The van der Waals surface area contributed by atoms with Crippen molar-refractivity contribution in [2.75, 3.05) is 0 Å². The van der Waals surface area contributed by atoms with Crippen molar-refractivity contribution in [1.29, 1.82) is 0 Å². The Morgan fingerprint density at radius 3 is 2.23 bits per heavy atom. The van der Waals surface area contributed by atoms with Gasteiger partial charge in [-0.3, -0.25) is 4.79 Å². The van der Waals surface area contributed by atoms with E-state index in [9.17, 15) is 18.0 Å². The first-order valence-electron chi connectivity index (χ1n) is 8.65. The molecule has 0 heterocycles. The van der Waals surface area contributed by atoms with Crippen molar-refractivity contribution in [3.05, 3.63) is 77.9 Å². The Morgan fingerprint density at radius 2 is 1.62 bits per heavy atom. The lowest BCUT2D eigenvalue weighted by Gasteiger charge is -2.33. The standard InChI is InChI=1S/C21H20F3NO/c22-21(23,24)20(26)25-19(16-11-5-2-6-12-16)18-14-8-7-13-17(18)15-9-3-1-4-10-15/h1-6,9-13,18-19H,7-8,14H2,(H,25,26)/t18?,19-/m1/s1. The molecule has 0 radical (unpaired) electrons. The molecule has 26 heavy (non-hydrogen) atoms. The maximum atomic E-state index is 12.9. The van der Waals surface area contributed by atoms with Crippen molar-refractivity contribution in [2.45, 2.75) is 31.5 Å². The molecular weight excluding hydrogens is 339 g/mol. The summed E-state index contributed by atoms with van der Waals surface area (Å²) in [5.74, 6) is -2.11. The number of hydrogen-bond donors (Lipinski definition) is 1. The molecule has 2 aromatic rings. The molecule has 0 saturated carbocycles. The topological polar surface area (TPSA) is 29.1 Å². The van der Waals surface area contributed by atoms with Crippen LogP contribution in [0.15, 0.2) is 66.7 Å². The van der Waals surface area contributed by atoms with E-state index < -0.39 is 18.1 Å². The van der Waals surface area contributed by atoms with Gasteiger partial charge < -0.3 is 5.32 Å². The Balaban J connectivity index is 1.98. The van der Waals surface area contributed by atoms with Crippen LogP contribution in [-0.2, 0) is 4.79 Å². The monoisotopic (exact) mass is 359 g/mol. The van der Waals surface area contributed by atoms with Crippen LogP contribution in [0.1, 0.15) is 36.4 Å². The molecule has 1 unspecified atom stereocenters. The molecule has 2 aromatic carbocycles. The van der Waals surface area contributed by atoms with Gasteiger partial charge in [0.05, 0.1) is 6.04 Å². The van der Waals surface area contributed by atoms with Gasteiger partial charge in [-0.05, 0) is 36.0 Å². The van der Waals surface area contributed by atoms with E-state index in [1.54, 1.807) is 30.3 Å². The molecule has 5 heteroatoms. The minimum Gasteiger partial charge on any atom is -0.341 e. The van der Waals surface area contributed by atoms with E-state index in [4.69, 9.17) is 0 Å². The van der Waals surface area contributed by atoms with Gasteiger partial charge in [0.1, 0.15) is 0 Å². The number of benzene rings is 2. The summed E-state index contributed by atoms with van der Waals surface area (Å²) >= 11 is 0. The predicted octanol–water partition coefficient (Wildman–Crippen LogP) is 5.29. The van der Waals surface area contributed by atoms with Crippen LogP contribution in [-0.4, -0.2) is 12.1 Å². The Hall–Kier alpha value is -2.56. The summed E-state index contributed by atoms with van der Waals surface area (Å²) in [4.78, 5) is 11.7. The summed E-state index contributed by atoms with van der Waals surface area (Å²) in [6.07, 6.45) is -0.336. The molecular formula is C21H20F3NO. The van der Waals surface area contributed by atoms with E-state index in [1.807, 2.05) is 30.3 Å². The number of nitrogens with one attached hydrogen (secondary N) is 1. The lowest BCUT2D eigenvalue weighted by molar-refractivity contribution is -0.174. The quantitative estimate of drug-likeness (QED) is 0.790. The van der Waals surface area contributed by atoms with Crippen LogP contribution in [0.25, 0.3) is 5.57 Å². The molecule has 0 aliphatic heterocycles. The molecule has 1 aliphatic carbocycles. The molecule has 136 valence electrons. The fourth-order valence-electron chi connectivity index (χ4n) is 3.51. The fraction of sp³-hybridized carbons (Fsp3) is 0.286. The van der Waals surface area contributed by atoms with Crippen LogP contribution in [0.5, 0.6) is 0 Å². The number of carbonyl (C=O) groups is 1. The first-order chi connectivity index (χ1) is 12.5. The van der Waals surface area contributed by atoms with Gasteiger partial charge in [0.25, 0.3) is 0 Å². The minimum absolute atomic E-state index is 0.208. The summed E-state index contributed by atoms with van der Waals surface area (Å²) < 4.78 is 38.7. The van der Waals surface area contributed by atoms with Crippen molar-refractivity contribution >= 4 is 11.5 Å². The third-order valence-electron chi connectivity index (χ3n) is 4.70. The van der Waals surface area contributed by atoms with E-state index in [0.717, 1.165) is 30.4 Å². The van der Waals surface area contributed by atoms with Crippen LogP contribution in [0, 0.1) is 5.92 Å². The van der Waals surface area contributed by atoms with Gasteiger partial charge >= 0.3 is 12.1 Å². The zero-order valence-electron chi connectivity index (χ0n) is 14.2. The molecule has 0 aromatic heterocycles. The Labute approximate surface area is 150 Å². The van der Waals surface area contributed by atoms with Crippen LogP contribution in [0.4, 0.5) is 13.2 Å². The minimum atomic E-state index is -4.90. The van der Waals surface area contributed by atoms with Crippen molar-refractivity contribution in [3.8, 4) is 0 Å². The first kappa shape index (κ1) is 18.2. The maximum Gasteiger partial charge on any atom is 0.471 e. The number of amides is 1. The maximum absolute atomic E-state index is 12.9. The number of rotatable bonds is 4. The van der Waals surface area contributed by atoms with Gasteiger partial charge in [-0.25, -0.2) is 0 Å². The number of carbonyl (C=O) groups excluding carboxylic acids is 1. The highest BCUT2D eigenvalue weighted by atomic mass is 19.4. The zero-order valence-corrected chi connectivity index (χ0v) is 14.2. The summed E-state index contributed by atoms with van der Waals surface area (Å²) in [6, 6.07) is 17.8. The lowest BCUT2D eigenvalue weighted by atomic mass is 9.77. The summed E-state index contributed by atoms with van der Waals surface area (Å²) in [6.45, 7) is 0. The number of halogens is 3. The number of alkyl halides is 3. The molecule has 0 fully saturated rings. The molecule has 2 atom stereocenters. The van der Waals surface area contributed by atoms with Gasteiger partial charge in [-0.2, -0.15) is 13.2 Å². The molecule has 2 nitrogen and oxygen atoms in total. The number of hydrogen-bond acceptors (Lipinski definition) is 1. The Morgan fingerprint density at radius 1 is 1.00 bits per heavy atom. The highest BCUT2D eigenvalue weighted by Gasteiger charge is 2.41. The SMILES string of the molecule is O=C(N[C@H](c1ccccc1)C1CCCC=C1c1ccccc1)C(F)(F)F. The first-order valence-corrected chi connectivity index (χ1v) is 8.65. The average Bonchev–Trinajstić information content (AvgIpc) is 2.66. The van der Waals surface area contributed by atoms with Gasteiger partial charge in [-0.15, -0.1) is 0 Å². The predicted molar refractivity (Wildman–Crippen MR) is 95.1 cm³/mol. The molecule has 3 rings (SSSR count). The second-order valence-electron chi connectivity index (χ2n) is 6.42. The van der Waals surface area contributed by atoms with Crippen molar-refractivity contribution in [1.82, 2.24) is 5.32 Å². The molecule has 0 saturated heterocycles. The molecule has 0 bridgehead atoms. The third-order valence-corrected chi connectivity index (χ3v) is 4.70. The summed E-state index contributed by atoms with van der Waals surface area (Å²) in [5.41, 5.74) is 2.66. The van der Waals surface area contributed by atoms with Crippen molar-refractivity contribution < 1.29 is 18.0 Å². The highest BCUT2D eigenvalue weighted by molar-refractivity contribution is 5.82. The van der Waals surface area contributed by atoms with E-state index in [2.05, 4.69) is 11.4 Å². The Kier molecular flexibility index (Phi) is 5.45. The van der Waals surface area contributed by atoms with Crippen LogP contribution in [0.3, 0.4) is 0 Å². The molecule has 1 amide bonds. The highest BCUT2D eigenvalue weighted by Crippen LogP contribution is 2.41. The van der Waals surface area contributed by atoms with Gasteiger partial charge in [0.15, 0.2) is 0 Å². The van der Waals surface area contributed by atoms with E-state index in [-0.39, 0.29) is 5.92 Å². The van der Waals surface area contributed by atoms with Gasteiger partial charge in [0, 0.05) is 5.92 Å².